The van der Waals surface area contributed by atoms with Gasteiger partial charge in [0.25, 0.3) is 0 Å². The molecule has 0 aromatic heterocycles. The maximum absolute atomic E-state index is 6.01. The van der Waals surface area contributed by atoms with E-state index in [1.54, 1.807) is 0 Å². The van der Waals surface area contributed by atoms with Crippen molar-refractivity contribution in [2.45, 2.75) is 72.3 Å². The lowest BCUT2D eigenvalue weighted by atomic mass is 9.55. The molecule has 0 spiro atoms. The molecule has 1 saturated carbocycles. The Morgan fingerprint density at radius 1 is 1.27 bits per heavy atom. The van der Waals surface area contributed by atoms with Crippen LogP contribution in [-0.4, -0.2) is 6.04 Å². The summed E-state index contributed by atoms with van der Waals surface area (Å²) in [4.78, 5) is 0. The summed E-state index contributed by atoms with van der Waals surface area (Å²) in [5.74, 6) is 1.74. The van der Waals surface area contributed by atoms with E-state index in [1.165, 1.54) is 38.5 Å². The fourth-order valence-corrected chi connectivity index (χ4v) is 3.33. The van der Waals surface area contributed by atoms with Crippen molar-refractivity contribution in [2.24, 2.45) is 23.0 Å². The number of hydrogen-bond donors (Lipinski definition) is 1. The van der Waals surface area contributed by atoms with Crippen LogP contribution in [0.15, 0.2) is 0 Å². The second kappa shape index (κ2) is 5.34. The van der Waals surface area contributed by atoms with Gasteiger partial charge in [-0.2, -0.15) is 0 Å². The third kappa shape index (κ3) is 2.96. The molecule has 0 aromatic carbocycles. The van der Waals surface area contributed by atoms with Gasteiger partial charge in [0.05, 0.1) is 0 Å². The first-order valence-electron chi connectivity index (χ1n) is 6.79. The van der Waals surface area contributed by atoms with E-state index in [-0.39, 0.29) is 0 Å². The Morgan fingerprint density at radius 3 is 2.27 bits per heavy atom. The number of rotatable bonds is 6. The molecule has 0 saturated heterocycles. The van der Waals surface area contributed by atoms with E-state index < -0.39 is 0 Å². The summed E-state index contributed by atoms with van der Waals surface area (Å²) in [5.41, 5.74) is 6.61. The predicted octanol–water partition coefficient (Wildman–Crippen LogP) is 3.97. The maximum Gasteiger partial charge on any atom is 0.00496 e. The van der Waals surface area contributed by atoms with E-state index in [0.29, 0.717) is 11.5 Å². The Morgan fingerprint density at radius 2 is 1.87 bits per heavy atom. The third-order valence-corrected chi connectivity index (χ3v) is 4.56. The van der Waals surface area contributed by atoms with Gasteiger partial charge in [-0.05, 0) is 36.5 Å². The second-order valence-corrected chi connectivity index (χ2v) is 5.94. The Balaban J connectivity index is 2.55. The van der Waals surface area contributed by atoms with Crippen LogP contribution in [0.1, 0.15) is 66.2 Å². The zero-order valence-corrected chi connectivity index (χ0v) is 11.1. The van der Waals surface area contributed by atoms with Crippen molar-refractivity contribution in [3.05, 3.63) is 0 Å². The van der Waals surface area contributed by atoms with Crippen LogP contribution >= 0.6 is 0 Å². The van der Waals surface area contributed by atoms with Crippen molar-refractivity contribution < 1.29 is 0 Å². The summed E-state index contributed by atoms with van der Waals surface area (Å²) < 4.78 is 0. The summed E-state index contributed by atoms with van der Waals surface area (Å²) in [6.07, 6.45) is 7.97. The van der Waals surface area contributed by atoms with Crippen LogP contribution in [0.4, 0.5) is 0 Å². The van der Waals surface area contributed by atoms with Gasteiger partial charge in [-0.3, -0.25) is 0 Å². The Labute approximate surface area is 95.8 Å². The molecule has 1 heteroatoms. The third-order valence-electron chi connectivity index (χ3n) is 4.56. The molecule has 0 radical (unpaired) electrons. The molecular formula is C14H29N. The maximum atomic E-state index is 6.01. The Kier molecular flexibility index (Phi) is 4.64. The predicted molar refractivity (Wildman–Crippen MR) is 67.8 cm³/mol. The SMILES string of the molecule is CCCC(C)C1(CC(C)CC)CC(N)C1. The van der Waals surface area contributed by atoms with E-state index in [9.17, 15) is 0 Å². The molecule has 0 aliphatic heterocycles. The molecule has 1 aliphatic carbocycles. The van der Waals surface area contributed by atoms with Gasteiger partial charge < -0.3 is 5.73 Å². The summed E-state index contributed by atoms with van der Waals surface area (Å²) in [7, 11) is 0. The first-order chi connectivity index (χ1) is 7.04. The van der Waals surface area contributed by atoms with Crippen molar-refractivity contribution in [1.82, 2.24) is 0 Å². The molecule has 90 valence electrons. The fourth-order valence-electron chi connectivity index (χ4n) is 3.33. The zero-order valence-electron chi connectivity index (χ0n) is 11.1. The van der Waals surface area contributed by atoms with Gasteiger partial charge >= 0.3 is 0 Å². The van der Waals surface area contributed by atoms with Gasteiger partial charge in [-0.15, -0.1) is 0 Å². The summed E-state index contributed by atoms with van der Waals surface area (Å²) in [5, 5.41) is 0. The van der Waals surface area contributed by atoms with E-state index in [4.69, 9.17) is 5.73 Å². The average Bonchev–Trinajstić information content (AvgIpc) is 2.15. The average molecular weight is 211 g/mol. The van der Waals surface area contributed by atoms with Gasteiger partial charge in [-0.25, -0.2) is 0 Å². The van der Waals surface area contributed by atoms with Crippen LogP contribution in [-0.2, 0) is 0 Å². The first kappa shape index (κ1) is 13.0. The molecule has 1 fully saturated rings. The standard InChI is InChI=1S/C14H29N/c1-5-7-12(4)14(8-11(3)6-2)9-13(15)10-14/h11-13H,5-10,15H2,1-4H3. The van der Waals surface area contributed by atoms with Crippen LogP contribution in [0, 0.1) is 17.3 Å². The Hall–Kier alpha value is -0.0400. The highest BCUT2D eigenvalue weighted by atomic mass is 14.7. The molecule has 0 amide bonds. The van der Waals surface area contributed by atoms with Gasteiger partial charge in [0, 0.05) is 6.04 Å². The highest BCUT2D eigenvalue weighted by Crippen LogP contribution is 2.52. The molecule has 2 atom stereocenters. The Bertz CT molecular complexity index is 182. The smallest absolute Gasteiger partial charge is 0.00496 e. The van der Waals surface area contributed by atoms with Crippen LogP contribution in [0.25, 0.3) is 0 Å². The lowest BCUT2D eigenvalue weighted by Gasteiger charge is -2.52. The second-order valence-electron chi connectivity index (χ2n) is 5.94. The monoisotopic (exact) mass is 211 g/mol. The molecule has 1 rings (SSSR count). The van der Waals surface area contributed by atoms with Crippen LogP contribution in [0.5, 0.6) is 0 Å². The quantitative estimate of drug-likeness (QED) is 0.707. The lowest BCUT2D eigenvalue weighted by Crippen LogP contribution is -2.50. The van der Waals surface area contributed by atoms with Crippen LogP contribution in [0.3, 0.4) is 0 Å². The molecule has 0 aromatic rings. The first-order valence-corrected chi connectivity index (χ1v) is 6.79. The molecule has 0 heterocycles. The van der Waals surface area contributed by atoms with Crippen molar-refractivity contribution in [1.29, 1.82) is 0 Å². The van der Waals surface area contributed by atoms with Crippen molar-refractivity contribution in [3.8, 4) is 0 Å². The summed E-state index contributed by atoms with van der Waals surface area (Å²) in [6, 6.07) is 0.494. The van der Waals surface area contributed by atoms with Crippen molar-refractivity contribution >= 4 is 0 Å². The number of hydrogen-bond acceptors (Lipinski definition) is 1. The molecule has 0 bridgehead atoms. The summed E-state index contributed by atoms with van der Waals surface area (Å²) >= 11 is 0. The molecular weight excluding hydrogens is 182 g/mol. The highest BCUT2D eigenvalue weighted by Gasteiger charge is 2.46. The minimum atomic E-state index is 0.494. The van der Waals surface area contributed by atoms with Crippen LogP contribution < -0.4 is 5.73 Å². The molecule has 2 N–H and O–H groups in total. The molecule has 1 nitrogen and oxygen atoms in total. The zero-order chi connectivity index (χ0) is 11.5. The fraction of sp³-hybridized carbons (Fsp3) is 1.00. The van der Waals surface area contributed by atoms with Crippen molar-refractivity contribution in [3.63, 3.8) is 0 Å². The van der Waals surface area contributed by atoms with E-state index in [2.05, 4.69) is 27.7 Å². The highest BCUT2D eigenvalue weighted by molar-refractivity contribution is 4.99. The largest absolute Gasteiger partial charge is 0.328 e. The molecule has 1 aliphatic rings. The summed E-state index contributed by atoms with van der Waals surface area (Å²) in [6.45, 7) is 9.44. The van der Waals surface area contributed by atoms with Gasteiger partial charge in [-0.1, -0.05) is 47.0 Å². The molecule has 15 heavy (non-hydrogen) atoms. The van der Waals surface area contributed by atoms with E-state index in [1.807, 2.05) is 0 Å². The van der Waals surface area contributed by atoms with E-state index in [0.717, 1.165) is 11.8 Å². The molecule has 2 unspecified atom stereocenters. The van der Waals surface area contributed by atoms with Gasteiger partial charge in [0.15, 0.2) is 0 Å². The number of nitrogens with two attached hydrogens (primary N) is 1. The van der Waals surface area contributed by atoms with E-state index >= 15 is 0 Å². The normalized spacial score (nSPS) is 34.6. The lowest BCUT2D eigenvalue weighted by molar-refractivity contribution is 0.00749. The van der Waals surface area contributed by atoms with Gasteiger partial charge in [0.2, 0.25) is 0 Å². The minimum Gasteiger partial charge on any atom is -0.328 e. The minimum absolute atomic E-state index is 0.494. The van der Waals surface area contributed by atoms with Crippen molar-refractivity contribution in [2.75, 3.05) is 0 Å². The van der Waals surface area contributed by atoms with Gasteiger partial charge in [0.1, 0.15) is 0 Å². The topological polar surface area (TPSA) is 26.0 Å². The van der Waals surface area contributed by atoms with Crippen LogP contribution in [0.2, 0.25) is 0 Å².